The number of hydrazine groups is 1. The van der Waals surface area contributed by atoms with E-state index >= 15 is 0 Å². The zero-order chi connectivity index (χ0) is 19.6. The van der Waals surface area contributed by atoms with E-state index in [1.807, 2.05) is 42.7 Å². The molecule has 0 aliphatic heterocycles. The van der Waals surface area contributed by atoms with Gasteiger partial charge in [-0.1, -0.05) is 49.4 Å². The molecule has 0 aliphatic rings. The summed E-state index contributed by atoms with van der Waals surface area (Å²) in [4.78, 5) is 35.4. The lowest BCUT2D eigenvalue weighted by atomic mass is 10.1. The van der Waals surface area contributed by atoms with Gasteiger partial charge in [0.25, 0.3) is 0 Å². The molecular formula is C20H27N2O4. The van der Waals surface area contributed by atoms with E-state index in [-0.39, 0.29) is 25.3 Å². The fourth-order valence-electron chi connectivity index (χ4n) is 2.17. The molecule has 1 amide bonds. The van der Waals surface area contributed by atoms with Crippen molar-refractivity contribution in [1.29, 1.82) is 0 Å². The summed E-state index contributed by atoms with van der Waals surface area (Å²) in [5.74, 6) is -0.800. The van der Waals surface area contributed by atoms with Crippen molar-refractivity contribution in [1.82, 2.24) is 10.4 Å². The lowest BCUT2D eigenvalue weighted by Crippen LogP contribution is -2.52. The van der Waals surface area contributed by atoms with Crippen LogP contribution in [0.3, 0.4) is 0 Å². The highest BCUT2D eigenvalue weighted by atomic mass is 16.6. The molecule has 0 unspecified atom stereocenters. The number of carbonyl (C=O) groups excluding carboxylic acids is 3. The second-order valence-corrected chi connectivity index (χ2v) is 6.72. The van der Waals surface area contributed by atoms with Crippen LogP contribution in [0.2, 0.25) is 0 Å². The molecule has 1 aromatic rings. The van der Waals surface area contributed by atoms with Gasteiger partial charge < -0.3 is 4.74 Å². The summed E-state index contributed by atoms with van der Waals surface area (Å²) in [5, 5.41) is 1.16. The summed E-state index contributed by atoms with van der Waals surface area (Å²) in [7, 11) is 0. The molecule has 1 aromatic carbocycles. The van der Waals surface area contributed by atoms with E-state index in [1.54, 1.807) is 33.8 Å². The number of hydrogen-bond acceptors (Lipinski definition) is 5. The number of ether oxygens (including phenoxy) is 1. The third-order valence-corrected chi connectivity index (χ3v) is 3.30. The van der Waals surface area contributed by atoms with E-state index in [2.05, 4.69) is 5.43 Å². The van der Waals surface area contributed by atoms with Crippen LogP contribution in [0.25, 0.3) is 6.08 Å². The number of nitrogens with zero attached hydrogens (tertiary/aromatic N) is 1. The lowest BCUT2D eigenvalue weighted by molar-refractivity contribution is -0.155. The maximum atomic E-state index is 12.2. The van der Waals surface area contributed by atoms with Crippen LogP contribution < -0.4 is 5.43 Å². The summed E-state index contributed by atoms with van der Waals surface area (Å²) in [6, 6.07) is 8.79. The van der Waals surface area contributed by atoms with Crippen LogP contribution in [0.15, 0.2) is 36.4 Å². The van der Waals surface area contributed by atoms with Crippen molar-refractivity contribution >= 4 is 24.2 Å². The summed E-state index contributed by atoms with van der Waals surface area (Å²) in [6.07, 6.45) is 6.01. The van der Waals surface area contributed by atoms with Crippen molar-refractivity contribution in [2.75, 3.05) is 6.54 Å². The Labute approximate surface area is 155 Å². The summed E-state index contributed by atoms with van der Waals surface area (Å²) in [6.45, 7) is 6.76. The molecule has 26 heavy (non-hydrogen) atoms. The predicted molar refractivity (Wildman–Crippen MR) is 101 cm³/mol. The van der Waals surface area contributed by atoms with Crippen molar-refractivity contribution < 1.29 is 19.1 Å². The minimum absolute atomic E-state index is 0.196. The molecular weight excluding hydrogens is 332 g/mol. The normalized spacial score (nSPS) is 12.6. The van der Waals surface area contributed by atoms with Crippen LogP contribution in [0.1, 0.15) is 46.1 Å². The smallest absolute Gasteiger partial charge is 0.322 e. The molecule has 6 heteroatoms. The SMILES string of the molecule is CCC(=O)N(NCC(=O)OC(C)(C)C)[C@H]([C]=O)CC=Cc1ccccc1. The highest BCUT2D eigenvalue weighted by Gasteiger charge is 2.24. The summed E-state index contributed by atoms with van der Waals surface area (Å²) >= 11 is 0. The highest BCUT2D eigenvalue weighted by molar-refractivity contribution is 5.80. The molecule has 1 radical (unpaired) electrons. The Morgan fingerprint density at radius 3 is 2.46 bits per heavy atom. The molecule has 0 fully saturated rings. The highest BCUT2D eigenvalue weighted by Crippen LogP contribution is 2.09. The fraction of sp³-hybridized carbons (Fsp3) is 0.450. The van der Waals surface area contributed by atoms with Gasteiger partial charge in [0.1, 0.15) is 18.2 Å². The monoisotopic (exact) mass is 359 g/mol. The minimum Gasteiger partial charge on any atom is -0.459 e. The number of carbonyl (C=O) groups is 2. The second-order valence-electron chi connectivity index (χ2n) is 6.72. The minimum atomic E-state index is -0.829. The van der Waals surface area contributed by atoms with Gasteiger partial charge in [0, 0.05) is 6.42 Å². The predicted octanol–water partition coefficient (Wildman–Crippen LogP) is 2.65. The maximum Gasteiger partial charge on any atom is 0.322 e. The number of rotatable bonds is 9. The van der Waals surface area contributed by atoms with E-state index in [4.69, 9.17) is 4.74 Å². The number of amides is 1. The van der Waals surface area contributed by atoms with E-state index < -0.39 is 17.6 Å². The molecule has 0 aromatic heterocycles. The van der Waals surface area contributed by atoms with Gasteiger partial charge >= 0.3 is 5.97 Å². The van der Waals surface area contributed by atoms with E-state index in [0.29, 0.717) is 0 Å². The third kappa shape index (κ3) is 8.07. The third-order valence-electron chi connectivity index (χ3n) is 3.30. The molecule has 1 atom stereocenters. The Balaban J connectivity index is 2.72. The number of esters is 1. The number of benzene rings is 1. The molecule has 6 nitrogen and oxygen atoms in total. The standard InChI is InChI=1S/C20H27N2O4/c1-5-18(24)22(21-14-19(25)26-20(2,3)4)17(15-23)13-9-12-16-10-7-6-8-11-16/h6-12,17,21H,5,13-14H2,1-4H3/t17-/m0/s1. The van der Waals surface area contributed by atoms with Gasteiger partial charge in [-0.2, -0.15) is 0 Å². The zero-order valence-corrected chi connectivity index (χ0v) is 15.8. The van der Waals surface area contributed by atoms with Gasteiger partial charge in [-0.15, -0.1) is 0 Å². The second kappa shape index (κ2) is 10.5. The van der Waals surface area contributed by atoms with Crippen molar-refractivity contribution in [2.24, 2.45) is 0 Å². The van der Waals surface area contributed by atoms with Crippen molar-refractivity contribution in [3.8, 4) is 0 Å². The van der Waals surface area contributed by atoms with Gasteiger partial charge in [-0.3, -0.25) is 19.4 Å². The maximum absolute atomic E-state index is 12.2. The van der Waals surface area contributed by atoms with Gasteiger partial charge in [-0.25, -0.2) is 5.43 Å². The first-order valence-corrected chi connectivity index (χ1v) is 8.63. The molecule has 0 saturated heterocycles. The number of nitrogens with one attached hydrogen (secondary N) is 1. The first kappa shape index (κ1) is 21.6. The lowest BCUT2D eigenvalue weighted by Gasteiger charge is -2.28. The molecule has 1 N–H and O–H groups in total. The van der Waals surface area contributed by atoms with Crippen molar-refractivity contribution in [2.45, 2.75) is 52.2 Å². The van der Waals surface area contributed by atoms with Crippen molar-refractivity contribution in [3.05, 3.63) is 42.0 Å². The average Bonchev–Trinajstić information content (AvgIpc) is 2.59. The molecule has 0 aliphatic carbocycles. The van der Waals surface area contributed by atoms with Crippen LogP contribution in [0.4, 0.5) is 0 Å². The van der Waals surface area contributed by atoms with E-state index in [0.717, 1.165) is 10.6 Å². The summed E-state index contributed by atoms with van der Waals surface area (Å²) in [5.41, 5.74) is 3.08. The Kier molecular flexibility index (Phi) is 8.72. The summed E-state index contributed by atoms with van der Waals surface area (Å²) < 4.78 is 5.20. The zero-order valence-electron chi connectivity index (χ0n) is 15.8. The van der Waals surface area contributed by atoms with Gasteiger partial charge in [-0.05, 0) is 32.8 Å². The van der Waals surface area contributed by atoms with Crippen LogP contribution in [0, 0.1) is 0 Å². The Hall–Kier alpha value is -2.47. The first-order valence-electron chi connectivity index (χ1n) is 8.63. The molecule has 0 bridgehead atoms. The van der Waals surface area contributed by atoms with E-state index in [9.17, 15) is 14.4 Å². The Morgan fingerprint density at radius 1 is 1.27 bits per heavy atom. The fourth-order valence-corrected chi connectivity index (χ4v) is 2.17. The average molecular weight is 359 g/mol. The quantitative estimate of drug-likeness (QED) is 0.542. The van der Waals surface area contributed by atoms with Crippen LogP contribution in [-0.4, -0.2) is 41.4 Å². The number of hydrogen-bond donors (Lipinski definition) is 1. The van der Waals surface area contributed by atoms with Crippen LogP contribution >= 0.6 is 0 Å². The first-order chi connectivity index (χ1) is 12.3. The molecule has 0 saturated carbocycles. The van der Waals surface area contributed by atoms with Crippen LogP contribution in [-0.2, 0) is 19.1 Å². The van der Waals surface area contributed by atoms with Gasteiger partial charge in [0.05, 0.1) is 0 Å². The molecule has 141 valence electrons. The topological polar surface area (TPSA) is 75.7 Å². The largest absolute Gasteiger partial charge is 0.459 e. The molecule has 0 heterocycles. The Bertz CT molecular complexity index is 620. The van der Waals surface area contributed by atoms with E-state index in [1.165, 1.54) is 0 Å². The van der Waals surface area contributed by atoms with Gasteiger partial charge in [0.15, 0.2) is 0 Å². The van der Waals surface area contributed by atoms with Crippen LogP contribution in [0.5, 0.6) is 0 Å². The molecule has 0 spiro atoms. The van der Waals surface area contributed by atoms with Gasteiger partial charge in [0.2, 0.25) is 12.2 Å². The van der Waals surface area contributed by atoms with Crippen molar-refractivity contribution in [3.63, 3.8) is 0 Å². The Morgan fingerprint density at radius 2 is 1.92 bits per heavy atom. The molecule has 1 rings (SSSR count).